The highest BCUT2D eigenvalue weighted by Gasteiger charge is 2.23. The van der Waals surface area contributed by atoms with Crippen molar-refractivity contribution >= 4 is 52.2 Å². The first-order valence-corrected chi connectivity index (χ1v) is 9.75. The molecule has 1 saturated heterocycles. The van der Waals surface area contributed by atoms with Gasteiger partial charge in [-0.1, -0.05) is 11.3 Å². The van der Waals surface area contributed by atoms with Gasteiger partial charge in [-0.3, -0.25) is 4.79 Å². The Balaban J connectivity index is 0.00000150. The number of anilines is 1. The second-order valence-corrected chi connectivity index (χ2v) is 7.40. The Morgan fingerprint density at radius 2 is 1.86 bits per heavy atom. The standard InChI is InChI=1S/C18H21FN6OS.2ClH/c1-20-7-6-16(26)23-8-10-24(11-9-23)18-22-25-12-15(21-17(25)27-18)13-2-4-14(19)5-3-13;;/h2-5,12,20H,6-11H2,1H3;2*1H. The predicted molar refractivity (Wildman–Crippen MR) is 118 cm³/mol. The van der Waals surface area contributed by atoms with Crippen molar-refractivity contribution in [3.05, 3.63) is 36.3 Å². The molecule has 3 heterocycles. The second kappa shape index (κ2) is 10.2. The molecule has 0 atom stereocenters. The molecule has 11 heteroatoms. The minimum absolute atomic E-state index is 0. The first-order valence-electron chi connectivity index (χ1n) is 8.93. The van der Waals surface area contributed by atoms with E-state index in [2.05, 4.69) is 20.3 Å². The minimum Gasteiger partial charge on any atom is -0.343 e. The molecular formula is C18H23Cl2FN6OS. The van der Waals surface area contributed by atoms with Gasteiger partial charge in [-0.2, -0.15) is 0 Å². The third kappa shape index (κ3) is 5.16. The number of halogens is 3. The van der Waals surface area contributed by atoms with Gasteiger partial charge in [-0.05, 0) is 31.3 Å². The summed E-state index contributed by atoms with van der Waals surface area (Å²) in [7, 11) is 1.85. The highest BCUT2D eigenvalue weighted by Crippen LogP contribution is 2.27. The van der Waals surface area contributed by atoms with Crippen LogP contribution in [0.4, 0.5) is 9.52 Å². The number of hydrogen-bond donors (Lipinski definition) is 1. The van der Waals surface area contributed by atoms with Gasteiger partial charge in [0.25, 0.3) is 0 Å². The van der Waals surface area contributed by atoms with Crippen LogP contribution in [0.2, 0.25) is 0 Å². The van der Waals surface area contributed by atoms with E-state index >= 15 is 0 Å². The van der Waals surface area contributed by atoms with Gasteiger partial charge in [-0.25, -0.2) is 13.9 Å². The average Bonchev–Trinajstić information content (AvgIpc) is 3.26. The smallest absolute Gasteiger partial charge is 0.223 e. The van der Waals surface area contributed by atoms with Gasteiger partial charge in [0.2, 0.25) is 16.0 Å². The van der Waals surface area contributed by atoms with Gasteiger partial charge >= 0.3 is 0 Å². The third-order valence-electron chi connectivity index (χ3n) is 4.66. The number of imidazole rings is 1. The van der Waals surface area contributed by atoms with E-state index in [4.69, 9.17) is 0 Å². The fourth-order valence-corrected chi connectivity index (χ4v) is 4.05. The lowest BCUT2D eigenvalue weighted by molar-refractivity contribution is -0.131. The molecular weight excluding hydrogens is 438 g/mol. The average molecular weight is 461 g/mol. The van der Waals surface area contributed by atoms with Crippen LogP contribution >= 0.6 is 36.2 Å². The molecule has 3 aromatic rings. The molecule has 0 radical (unpaired) electrons. The van der Waals surface area contributed by atoms with Gasteiger partial charge < -0.3 is 15.1 Å². The second-order valence-electron chi connectivity index (χ2n) is 6.47. The molecule has 1 amide bonds. The van der Waals surface area contributed by atoms with E-state index < -0.39 is 0 Å². The molecule has 1 N–H and O–H groups in total. The SMILES string of the molecule is CNCCC(=O)N1CCN(c2nn3cc(-c4ccc(F)cc4)nc3s2)CC1.Cl.Cl. The van der Waals surface area contributed by atoms with Crippen LogP contribution in [0.3, 0.4) is 0 Å². The molecule has 0 aliphatic carbocycles. The summed E-state index contributed by atoms with van der Waals surface area (Å²) in [6, 6.07) is 6.29. The van der Waals surface area contributed by atoms with Gasteiger partial charge in [-0.15, -0.1) is 29.9 Å². The van der Waals surface area contributed by atoms with Crippen molar-refractivity contribution < 1.29 is 9.18 Å². The Morgan fingerprint density at radius 1 is 1.17 bits per heavy atom. The molecule has 4 rings (SSSR count). The zero-order chi connectivity index (χ0) is 18.8. The van der Waals surface area contributed by atoms with Gasteiger partial charge in [0.15, 0.2) is 0 Å². The maximum absolute atomic E-state index is 13.1. The van der Waals surface area contributed by atoms with Gasteiger partial charge in [0.1, 0.15) is 5.82 Å². The largest absolute Gasteiger partial charge is 0.343 e. The van der Waals surface area contributed by atoms with Gasteiger partial charge in [0.05, 0.1) is 11.9 Å². The summed E-state index contributed by atoms with van der Waals surface area (Å²) >= 11 is 1.53. The van der Waals surface area contributed by atoms with Crippen molar-refractivity contribution in [1.29, 1.82) is 0 Å². The fourth-order valence-electron chi connectivity index (χ4n) is 3.11. The molecule has 29 heavy (non-hydrogen) atoms. The van der Waals surface area contributed by atoms with Crippen LogP contribution in [0.5, 0.6) is 0 Å². The van der Waals surface area contributed by atoms with Crippen LogP contribution in [-0.2, 0) is 4.79 Å². The Bertz CT molecular complexity index is 908. The van der Waals surface area contributed by atoms with E-state index in [-0.39, 0.29) is 36.5 Å². The molecule has 0 bridgehead atoms. The summed E-state index contributed by atoms with van der Waals surface area (Å²) in [4.78, 5) is 21.6. The van der Waals surface area contributed by atoms with Crippen molar-refractivity contribution in [2.45, 2.75) is 6.42 Å². The number of carbonyl (C=O) groups excluding carboxylic acids is 1. The highest BCUT2D eigenvalue weighted by molar-refractivity contribution is 7.20. The summed E-state index contributed by atoms with van der Waals surface area (Å²) in [6.45, 7) is 3.68. The molecule has 1 aliphatic rings. The number of nitrogens with zero attached hydrogens (tertiary/aromatic N) is 5. The van der Waals surface area contributed by atoms with Crippen molar-refractivity contribution in [2.75, 3.05) is 44.7 Å². The highest BCUT2D eigenvalue weighted by atomic mass is 35.5. The molecule has 7 nitrogen and oxygen atoms in total. The summed E-state index contributed by atoms with van der Waals surface area (Å²) in [6.07, 6.45) is 2.40. The number of nitrogens with one attached hydrogen (secondary N) is 1. The Kier molecular flexibility index (Phi) is 8.21. The molecule has 0 spiro atoms. The van der Waals surface area contributed by atoms with Crippen LogP contribution in [0.1, 0.15) is 6.42 Å². The molecule has 1 aromatic carbocycles. The monoisotopic (exact) mass is 460 g/mol. The van der Waals surface area contributed by atoms with Crippen molar-refractivity contribution in [1.82, 2.24) is 24.8 Å². The number of fused-ring (bicyclic) bond motifs is 1. The van der Waals surface area contributed by atoms with E-state index in [0.29, 0.717) is 26.1 Å². The summed E-state index contributed by atoms with van der Waals surface area (Å²) < 4.78 is 14.8. The van der Waals surface area contributed by atoms with E-state index in [9.17, 15) is 9.18 Å². The van der Waals surface area contributed by atoms with E-state index in [1.165, 1.54) is 23.5 Å². The number of carbonyl (C=O) groups is 1. The predicted octanol–water partition coefficient (Wildman–Crippen LogP) is 2.70. The molecule has 0 unspecified atom stereocenters. The van der Waals surface area contributed by atoms with E-state index in [1.54, 1.807) is 16.6 Å². The number of rotatable bonds is 5. The van der Waals surface area contributed by atoms with Gasteiger partial charge in [0, 0.05) is 44.7 Å². The van der Waals surface area contributed by atoms with Crippen molar-refractivity contribution in [3.63, 3.8) is 0 Å². The van der Waals surface area contributed by atoms with Crippen LogP contribution in [0, 0.1) is 5.82 Å². The Labute approximate surface area is 184 Å². The van der Waals surface area contributed by atoms with Crippen LogP contribution in [0.25, 0.3) is 16.2 Å². The number of benzene rings is 1. The maximum Gasteiger partial charge on any atom is 0.223 e. The normalized spacial score (nSPS) is 13.9. The number of piperazine rings is 1. The maximum atomic E-state index is 13.1. The Morgan fingerprint density at radius 3 is 2.48 bits per heavy atom. The molecule has 158 valence electrons. The molecule has 1 fully saturated rings. The quantitative estimate of drug-likeness (QED) is 0.633. The van der Waals surface area contributed by atoms with Crippen LogP contribution in [-0.4, -0.2) is 65.2 Å². The summed E-state index contributed by atoms with van der Waals surface area (Å²) in [5, 5.41) is 8.55. The fraction of sp³-hybridized carbons (Fsp3) is 0.389. The first-order chi connectivity index (χ1) is 13.1. The summed E-state index contributed by atoms with van der Waals surface area (Å²) in [5.74, 6) is -0.0642. The zero-order valence-corrected chi connectivity index (χ0v) is 18.3. The first kappa shape index (κ1) is 23.3. The lowest BCUT2D eigenvalue weighted by Crippen LogP contribution is -2.49. The Hall–Kier alpha value is -1.94. The number of aromatic nitrogens is 3. The van der Waals surface area contributed by atoms with Crippen LogP contribution in [0.15, 0.2) is 30.5 Å². The lowest BCUT2D eigenvalue weighted by Gasteiger charge is -2.34. The topological polar surface area (TPSA) is 65.8 Å². The third-order valence-corrected chi connectivity index (χ3v) is 5.65. The molecule has 1 aliphatic heterocycles. The van der Waals surface area contributed by atoms with E-state index in [0.717, 1.165) is 34.4 Å². The van der Waals surface area contributed by atoms with E-state index in [1.807, 2.05) is 18.1 Å². The summed E-state index contributed by atoms with van der Waals surface area (Å²) in [5.41, 5.74) is 1.64. The minimum atomic E-state index is -0.260. The van der Waals surface area contributed by atoms with Crippen LogP contribution < -0.4 is 10.2 Å². The zero-order valence-electron chi connectivity index (χ0n) is 15.9. The lowest BCUT2D eigenvalue weighted by atomic mass is 10.2. The number of hydrogen-bond acceptors (Lipinski definition) is 6. The molecule has 0 saturated carbocycles. The van der Waals surface area contributed by atoms with Crippen molar-refractivity contribution in [3.8, 4) is 11.3 Å². The molecule has 2 aromatic heterocycles. The van der Waals surface area contributed by atoms with Crippen molar-refractivity contribution in [2.24, 2.45) is 0 Å². The number of amides is 1.